The number of ether oxygens (including phenoxy) is 1. The van der Waals surface area contributed by atoms with E-state index in [-0.39, 0.29) is 24.2 Å². The molecule has 1 aromatic rings. The Morgan fingerprint density at radius 3 is 2.86 bits per heavy atom. The lowest BCUT2D eigenvalue weighted by Gasteiger charge is -2.34. The first kappa shape index (κ1) is 15.4. The van der Waals surface area contributed by atoms with Crippen LogP contribution in [0.4, 0.5) is 0 Å². The number of hydrogen-bond donors (Lipinski definition) is 1. The van der Waals surface area contributed by atoms with Gasteiger partial charge in [-0.1, -0.05) is 26.7 Å². The number of aromatic nitrogens is 2. The second-order valence-corrected chi connectivity index (χ2v) is 5.61. The molecule has 0 bridgehead atoms. The fourth-order valence-electron chi connectivity index (χ4n) is 2.64. The SMILES string of the molecule is C[C@@H]1[C@@H](C)CCC[C@H]1NC(=O)COC(=O)c1cnccn1. The molecule has 21 heavy (non-hydrogen) atoms. The smallest absolute Gasteiger partial charge is 0.359 e. The fourth-order valence-corrected chi connectivity index (χ4v) is 2.64. The number of nitrogens with zero attached hydrogens (tertiary/aromatic N) is 2. The molecule has 2 rings (SSSR count). The van der Waals surface area contributed by atoms with E-state index in [2.05, 4.69) is 29.1 Å². The lowest BCUT2D eigenvalue weighted by Crippen LogP contribution is -2.45. The Kier molecular flexibility index (Phi) is 5.25. The Hall–Kier alpha value is -1.98. The van der Waals surface area contributed by atoms with Crippen molar-refractivity contribution in [3.8, 4) is 0 Å². The standard InChI is InChI=1S/C15H21N3O3/c1-10-4-3-5-12(11(10)2)18-14(19)9-21-15(20)13-8-16-6-7-17-13/h6-8,10-12H,3-5,9H2,1-2H3,(H,18,19)/t10-,11+,12+/m0/s1. The number of esters is 1. The minimum atomic E-state index is -0.636. The summed E-state index contributed by atoms with van der Waals surface area (Å²) in [7, 11) is 0. The predicted octanol–water partition coefficient (Wildman–Crippen LogP) is 1.57. The van der Waals surface area contributed by atoms with E-state index in [1.807, 2.05) is 0 Å². The molecule has 1 N–H and O–H groups in total. The molecule has 0 unspecified atom stereocenters. The van der Waals surface area contributed by atoms with E-state index < -0.39 is 5.97 Å². The van der Waals surface area contributed by atoms with Gasteiger partial charge in [-0.3, -0.25) is 9.78 Å². The minimum absolute atomic E-state index is 0.102. The molecule has 1 aliphatic rings. The molecular formula is C15H21N3O3. The highest BCUT2D eigenvalue weighted by molar-refractivity contribution is 5.89. The van der Waals surface area contributed by atoms with Crippen LogP contribution in [0.25, 0.3) is 0 Å². The van der Waals surface area contributed by atoms with E-state index in [1.165, 1.54) is 25.0 Å². The number of amides is 1. The van der Waals surface area contributed by atoms with Gasteiger partial charge in [-0.2, -0.15) is 0 Å². The summed E-state index contributed by atoms with van der Waals surface area (Å²) in [4.78, 5) is 31.1. The Labute approximate surface area is 124 Å². The zero-order chi connectivity index (χ0) is 15.2. The van der Waals surface area contributed by atoms with Crippen molar-refractivity contribution in [2.24, 2.45) is 11.8 Å². The van der Waals surface area contributed by atoms with E-state index in [9.17, 15) is 9.59 Å². The summed E-state index contributed by atoms with van der Waals surface area (Å²) in [6, 6.07) is 0.163. The van der Waals surface area contributed by atoms with Gasteiger partial charge in [-0.15, -0.1) is 0 Å². The van der Waals surface area contributed by atoms with Crippen LogP contribution in [0, 0.1) is 11.8 Å². The lowest BCUT2D eigenvalue weighted by atomic mass is 9.78. The van der Waals surface area contributed by atoms with Gasteiger partial charge in [-0.25, -0.2) is 9.78 Å². The van der Waals surface area contributed by atoms with Crippen LogP contribution in [0.2, 0.25) is 0 Å². The summed E-state index contributed by atoms with van der Waals surface area (Å²) in [6.45, 7) is 4.07. The van der Waals surface area contributed by atoms with Gasteiger partial charge in [0.05, 0.1) is 6.20 Å². The molecule has 1 fully saturated rings. The molecule has 1 saturated carbocycles. The number of hydrogen-bond acceptors (Lipinski definition) is 5. The molecule has 0 aromatic carbocycles. The fraction of sp³-hybridized carbons (Fsp3) is 0.600. The molecule has 6 heteroatoms. The molecule has 1 heterocycles. The van der Waals surface area contributed by atoms with Crippen LogP contribution >= 0.6 is 0 Å². The van der Waals surface area contributed by atoms with E-state index >= 15 is 0 Å². The zero-order valence-corrected chi connectivity index (χ0v) is 12.4. The highest BCUT2D eigenvalue weighted by atomic mass is 16.5. The first-order valence-electron chi connectivity index (χ1n) is 7.30. The van der Waals surface area contributed by atoms with Gasteiger partial charge in [0.1, 0.15) is 0 Å². The Bertz CT molecular complexity index is 492. The summed E-state index contributed by atoms with van der Waals surface area (Å²) in [5.74, 6) is 0.145. The van der Waals surface area contributed by atoms with Crippen molar-refractivity contribution in [3.05, 3.63) is 24.3 Å². The molecule has 1 amide bonds. The molecule has 114 valence electrons. The topological polar surface area (TPSA) is 81.2 Å². The average Bonchev–Trinajstić information content (AvgIpc) is 2.50. The normalized spacial score (nSPS) is 25.1. The number of nitrogens with one attached hydrogen (secondary N) is 1. The van der Waals surface area contributed by atoms with Crippen molar-refractivity contribution >= 4 is 11.9 Å². The lowest BCUT2D eigenvalue weighted by molar-refractivity contribution is -0.125. The first-order chi connectivity index (χ1) is 10.1. The van der Waals surface area contributed by atoms with Gasteiger partial charge in [0.2, 0.25) is 0 Å². The molecule has 0 saturated heterocycles. The summed E-state index contributed by atoms with van der Waals surface area (Å²) in [6.07, 6.45) is 7.49. The maximum atomic E-state index is 11.9. The second kappa shape index (κ2) is 7.15. The molecule has 6 nitrogen and oxygen atoms in total. The number of carbonyl (C=O) groups excluding carboxylic acids is 2. The minimum Gasteiger partial charge on any atom is -0.451 e. The second-order valence-electron chi connectivity index (χ2n) is 5.61. The maximum absolute atomic E-state index is 11.9. The maximum Gasteiger partial charge on any atom is 0.359 e. The molecule has 0 radical (unpaired) electrons. The van der Waals surface area contributed by atoms with E-state index in [1.54, 1.807) is 0 Å². The Morgan fingerprint density at radius 1 is 1.33 bits per heavy atom. The van der Waals surface area contributed by atoms with E-state index in [0.29, 0.717) is 11.8 Å². The molecule has 3 atom stereocenters. The molecule has 0 spiro atoms. The first-order valence-corrected chi connectivity index (χ1v) is 7.30. The average molecular weight is 291 g/mol. The molecule has 0 aliphatic heterocycles. The third-order valence-electron chi connectivity index (χ3n) is 4.16. The van der Waals surface area contributed by atoms with E-state index in [0.717, 1.165) is 12.8 Å². The van der Waals surface area contributed by atoms with Crippen LogP contribution in [0.1, 0.15) is 43.6 Å². The highest BCUT2D eigenvalue weighted by Gasteiger charge is 2.28. The molecular weight excluding hydrogens is 270 g/mol. The van der Waals surface area contributed by atoms with Crippen LogP contribution in [0.5, 0.6) is 0 Å². The van der Waals surface area contributed by atoms with E-state index in [4.69, 9.17) is 4.74 Å². The van der Waals surface area contributed by atoms with Crippen molar-refractivity contribution in [2.75, 3.05) is 6.61 Å². The van der Waals surface area contributed by atoms with Crippen LogP contribution in [-0.2, 0) is 9.53 Å². The molecule has 1 aliphatic carbocycles. The number of rotatable bonds is 4. The Morgan fingerprint density at radius 2 is 2.14 bits per heavy atom. The van der Waals surface area contributed by atoms with Gasteiger partial charge in [0.25, 0.3) is 5.91 Å². The summed E-state index contributed by atoms with van der Waals surface area (Å²) < 4.78 is 4.94. The van der Waals surface area contributed by atoms with Crippen molar-refractivity contribution in [1.82, 2.24) is 15.3 Å². The third-order valence-corrected chi connectivity index (χ3v) is 4.16. The number of carbonyl (C=O) groups is 2. The van der Waals surface area contributed by atoms with Crippen molar-refractivity contribution < 1.29 is 14.3 Å². The van der Waals surface area contributed by atoms with Gasteiger partial charge in [0.15, 0.2) is 12.3 Å². The Balaban J connectivity index is 1.78. The van der Waals surface area contributed by atoms with Gasteiger partial charge >= 0.3 is 5.97 Å². The van der Waals surface area contributed by atoms with Gasteiger partial charge in [0, 0.05) is 18.4 Å². The van der Waals surface area contributed by atoms with Gasteiger partial charge < -0.3 is 10.1 Å². The zero-order valence-electron chi connectivity index (χ0n) is 12.4. The van der Waals surface area contributed by atoms with Gasteiger partial charge in [-0.05, 0) is 18.3 Å². The summed E-state index contributed by atoms with van der Waals surface area (Å²) >= 11 is 0. The quantitative estimate of drug-likeness (QED) is 0.852. The molecule has 1 aromatic heterocycles. The van der Waals surface area contributed by atoms with Crippen LogP contribution in [-0.4, -0.2) is 34.5 Å². The summed E-state index contributed by atoms with van der Waals surface area (Å²) in [5, 5.41) is 2.95. The van der Waals surface area contributed by atoms with Crippen molar-refractivity contribution in [1.29, 1.82) is 0 Å². The monoisotopic (exact) mass is 291 g/mol. The largest absolute Gasteiger partial charge is 0.451 e. The van der Waals surface area contributed by atoms with Crippen molar-refractivity contribution in [3.63, 3.8) is 0 Å². The third kappa shape index (κ3) is 4.24. The van der Waals surface area contributed by atoms with Crippen LogP contribution in [0.15, 0.2) is 18.6 Å². The van der Waals surface area contributed by atoms with Crippen molar-refractivity contribution in [2.45, 2.75) is 39.2 Å². The predicted molar refractivity (Wildman–Crippen MR) is 76.4 cm³/mol. The van der Waals surface area contributed by atoms with Crippen LogP contribution in [0.3, 0.4) is 0 Å². The highest BCUT2D eigenvalue weighted by Crippen LogP contribution is 2.29. The summed E-state index contributed by atoms with van der Waals surface area (Å²) in [5.41, 5.74) is 0.102. The van der Waals surface area contributed by atoms with Crippen LogP contribution < -0.4 is 5.32 Å².